The Balaban J connectivity index is 1.68. The van der Waals surface area contributed by atoms with Crippen LogP contribution in [-0.2, 0) is 17.6 Å². The number of nitrogens with one attached hydrogen (secondary N) is 1. The van der Waals surface area contributed by atoms with Crippen LogP contribution in [0.4, 0.5) is 5.69 Å². The van der Waals surface area contributed by atoms with Crippen molar-refractivity contribution in [2.24, 2.45) is 5.92 Å². The Morgan fingerprint density at radius 3 is 3.00 bits per heavy atom. The quantitative estimate of drug-likeness (QED) is 0.696. The smallest absolute Gasteiger partial charge is 0.279 e. The number of carbonyl (C=O) groups is 1. The maximum atomic E-state index is 13.1. The maximum Gasteiger partial charge on any atom is 0.279 e. The Kier molecular flexibility index (Phi) is 4.97. The van der Waals surface area contributed by atoms with Gasteiger partial charge in [0, 0.05) is 15.6 Å². The summed E-state index contributed by atoms with van der Waals surface area (Å²) in [6.45, 7) is 5.71. The summed E-state index contributed by atoms with van der Waals surface area (Å²) in [7, 11) is 0. The van der Waals surface area contributed by atoms with Gasteiger partial charge in [0.1, 0.15) is 6.04 Å². The van der Waals surface area contributed by atoms with E-state index in [1.54, 1.807) is 36.5 Å². The topological polar surface area (TPSA) is 76.9 Å². The standard InChI is InChI=1S/C20H21ClN4O2S/c1-10-7-8-13-16(9-10)28-19-17(13)20(27)25(24-23-19)12(3)18(26)22-15-6-4-5-14(21)11(15)2/h4-6,10,12H,7-9H2,1-3H3,(H,22,26). The molecule has 0 radical (unpaired) electrons. The first kappa shape index (κ1) is 19.1. The third kappa shape index (κ3) is 3.22. The lowest BCUT2D eigenvalue weighted by atomic mass is 9.89. The third-order valence-corrected chi connectivity index (χ3v) is 6.97. The van der Waals surface area contributed by atoms with E-state index in [4.69, 9.17) is 11.6 Å². The molecule has 0 spiro atoms. The lowest BCUT2D eigenvalue weighted by Gasteiger charge is -2.18. The predicted molar refractivity (Wildman–Crippen MR) is 112 cm³/mol. The van der Waals surface area contributed by atoms with Crippen molar-refractivity contribution in [3.8, 4) is 0 Å². The molecule has 4 rings (SSSR count). The van der Waals surface area contributed by atoms with Gasteiger partial charge in [-0.05, 0) is 62.3 Å². The lowest BCUT2D eigenvalue weighted by Crippen LogP contribution is -2.34. The Hall–Kier alpha value is -2.25. The fraction of sp³-hybridized carbons (Fsp3) is 0.400. The molecule has 8 heteroatoms. The number of anilines is 1. The van der Waals surface area contributed by atoms with Crippen molar-refractivity contribution in [3.63, 3.8) is 0 Å². The number of nitrogens with zero attached hydrogens (tertiary/aromatic N) is 3. The lowest BCUT2D eigenvalue weighted by molar-refractivity contribution is -0.119. The average Bonchev–Trinajstić information content (AvgIpc) is 3.03. The van der Waals surface area contributed by atoms with Crippen molar-refractivity contribution in [2.45, 2.75) is 46.1 Å². The highest BCUT2D eigenvalue weighted by molar-refractivity contribution is 7.18. The molecule has 6 nitrogen and oxygen atoms in total. The fourth-order valence-electron chi connectivity index (χ4n) is 3.62. The molecule has 0 aliphatic heterocycles. The summed E-state index contributed by atoms with van der Waals surface area (Å²) in [6.07, 6.45) is 2.91. The van der Waals surface area contributed by atoms with Crippen molar-refractivity contribution in [2.75, 3.05) is 5.32 Å². The SMILES string of the molecule is Cc1c(Cl)cccc1NC(=O)C(C)n1nnc2sc3c(c2c1=O)CCC(C)C3. The molecule has 1 amide bonds. The summed E-state index contributed by atoms with van der Waals surface area (Å²) >= 11 is 7.67. The number of fused-ring (bicyclic) bond motifs is 3. The number of hydrogen-bond acceptors (Lipinski definition) is 5. The van der Waals surface area contributed by atoms with E-state index < -0.39 is 6.04 Å². The van der Waals surface area contributed by atoms with E-state index in [1.807, 2.05) is 6.92 Å². The van der Waals surface area contributed by atoms with Crippen LogP contribution in [0, 0.1) is 12.8 Å². The Morgan fingerprint density at radius 1 is 1.43 bits per heavy atom. The molecule has 0 saturated carbocycles. The van der Waals surface area contributed by atoms with Crippen molar-refractivity contribution in [1.82, 2.24) is 15.0 Å². The maximum absolute atomic E-state index is 13.1. The van der Waals surface area contributed by atoms with E-state index >= 15 is 0 Å². The number of benzene rings is 1. The van der Waals surface area contributed by atoms with Crippen molar-refractivity contribution < 1.29 is 4.79 Å². The van der Waals surface area contributed by atoms with Gasteiger partial charge in [0.05, 0.1) is 5.39 Å². The largest absolute Gasteiger partial charge is 0.324 e. The molecule has 28 heavy (non-hydrogen) atoms. The molecule has 1 N–H and O–H groups in total. The fourth-order valence-corrected chi connectivity index (χ4v) is 5.11. The molecular weight excluding hydrogens is 396 g/mol. The number of aromatic nitrogens is 3. The monoisotopic (exact) mass is 416 g/mol. The molecule has 1 aliphatic carbocycles. The van der Waals surface area contributed by atoms with Crippen LogP contribution in [0.2, 0.25) is 5.02 Å². The van der Waals surface area contributed by atoms with E-state index in [2.05, 4.69) is 22.6 Å². The van der Waals surface area contributed by atoms with Gasteiger partial charge in [0.2, 0.25) is 5.91 Å². The minimum absolute atomic E-state index is 0.248. The van der Waals surface area contributed by atoms with Gasteiger partial charge in [0.15, 0.2) is 4.83 Å². The molecule has 2 heterocycles. The predicted octanol–water partition coefficient (Wildman–Crippen LogP) is 4.14. The highest BCUT2D eigenvalue weighted by Crippen LogP contribution is 2.35. The Morgan fingerprint density at radius 2 is 2.21 bits per heavy atom. The first-order valence-electron chi connectivity index (χ1n) is 9.32. The van der Waals surface area contributed by atoms with Crippen LogP contribution in [0.1, 0.15) is 42.3 Å². The van der Waals surface area contributed by atoms with E-state index in [-0.39, 0.29) is 11.5 Å². The molecule has 0 bridgehead atoms. The van der Waals surface area contributed by atoms with Crippen LogP contribution in [0.3, 0.4) is 0 Å². The number of carbonyl (C=O) groups excluding carboxylic acids is 1. The van der Waals surface area contributed by atoms with Crippen LogP contribution in [0.15, 0.2) is 23.0 Å². The zero-order chi connectivity index (χ0) is 20.0. The summed E-state index contributed by atoms with van der Waals surface area (Å²) in [6, 6.07) is 4.52. The van der Waals surface area contributed by atoms with Crippen LogP contribution < -0.4 is 10.9 Å². The summed E-state index contributed by atoms with van der Waals surface area (Å²) in [5.41, 5.74) is 2.24. The van der Waals surface area contributed by atoms with Crippen LogP contribution in [0.25, 0.3) is 10.2 Å². The van der Waals surface area contributed by atoms with E-state index in [1.165, 1.54) is 9.56 Å². The number of halogens is 1. The second-order valence-corrected chi connectivity index (χ2v) is 8.94. The number of thiophene rings is 1. The van der Waals surface area contributed by atoms with E-state index in [0.717, 1.165) is 30.4 Å². The molecule has 2 aromatic heterocycles. The number of amides is 1. The van der Waals surface area contributed by atoms with Crippen LogP contribution in [-0.4, -0.2) is 20.9 Å². The van der Waals surface area contributed by atoms with Crippen molar-refractivity contribution in [3.05, 3.63) is 49.6 Å². The van der Waals surface area contributed by atoms with Gasteiger partial charge in [-0.2, -0.15) is 4.68 Å². The summed E-state index contributed by atoms with van der Waals surface area (Å²) in [5, 5.41) is 12.3. The van der Waals surface area contributed by atoms with Crippen LogP contribution in [0.5, 0.6) is 0 Å². The molecule has 1 aliphatic rings. The van der Waals surface area contributed by atoms with Gasteiger partial charge >= 0.3 is 0 Å². The minimum atomic E-state index is -0.791. The minimum Gasteiger partial charge on any atom is -0.324 e. The summed E-state index contributed by atoms with van der Waals surface area (Å²) < 4.78 is 1.18. The normalized spacial score (nSPS) is 17.4. The highest BCUT2D eigenvalue weighted by Gasteiger charge is 2.26. The average molecular weight is 417 g/mol. The van der Waals surface area contributed by atoms with E-state index in [0.29, 0.717) is 26.8 Å². The van der Waals surface area contributed by atoms with Crippen molar-refractivity contribution in [1.29, 1.82) is 0 Å². The highest BCUT2D eigenvalue weighted by atomic mass is 35.5. The zero-order valence-electron chi connectivity index (χ0n) is 16.0. The molecule has 2 atom stereocenters. The molecule has 3 aromatic rings. The van der Waals surface area contributed by atoms with E-state index in [9.17, 15) is 9.59 Å². The molecule has 0 saturated heterocycles. The zero-order valence-corrected chi connectivity index (χ0v) is 17.5. The first-order chi connectivity index (χ1) is 13.4. The molecular formula is C20H21ClN4O2S. The van der Waals surface area contributed by atoms with Gasteiger partial charge in [-0.15, -0.1) is 16.4 Å². The van der Waals surface area contributed by atoms with Gasteiger partial charge in [0.25, 0.3) is 5.56 Å². The molecule has 146 valence electrons. The Bertz CT molecular complexity index is 1140. The second kappa shape index (κ2) is 7.29. The number of hydrogen-bond donors (Lipinski definition) is 1. The first-order valence-corrected chi connectivity index (χ1v) is 10.5. The van der Waals surface area contributed by atoms with Gasteiger partial charge in [-0.1, -0.05) is 29.8 Å². The molecule has 0 fully saturated rings. The number of aryl methyl sites for hydroxylation is 1. The molecule has 2 unspecified atom stereocenters. The van der Waals surface area contributed by atoms with Crippen molar-refractivity contribution >= 4 is 44.7 Å². The van der Waals surface area contributed by atoms with Crippen LogP contribution >= 0.6 is 22.9 Å². The summed E-state index contributed by atoms with van der Waals surface area (Å²) in [4.78, 5) is 27.8. The van der Waals surface area contributed by atoms with Gasteiger partial charge in [-0.25, -0.2) is 0 Å². The Labute approximate surface area is 171 Å². The van der Waals surface area contributed by atoms with Gasteiger partial charge < -0.3 is 5.32 Å². The summed E-state index contributed by atoms with van der Waals surface area (Å²) in [5.74, 6) is 0.278. The van der Waals surface area contributed by atoms with Gasteiger partial charge in [-0.3, -0.25) is 9.59 Å². The number of rotatable bonds is 3. The third-order valence-electron chi connectivity index (χ3n) is 5.42. The molecule has 1 aromatic carbocycles. The second-order valence-electron chi connectivity index (χ2n) is 7.45.